The number of anilines is 1. The molecule has 1 aromatic rings. The zero-order chi connectivity index (χ0) is 15.4. The average molecular weight is 311 g/mol. The Kier molecular flexibility index (Phi) is 5.07. The number of amides is 2. The molecule has 21 heavy (non-hydrogen) atoms. The van der Waals surface area contributed by atoms with Crippen LogP contribution in [0.1, 0.15) is 36.5 Å². The maximum atomic E-state index is 12.3. The van der Waals surface area contributed by atoms with E-state index in [0.29, 0.717) is 12.5 Å². The highest BCUT2D eigenvalue weighted by Gasteiger charge is 2.27. The summed E-state index contributed by atoms with van der Waals surface area (Å²) < 4.78 is 0. The minimum absolute atomic E-state index is 0.0737. The maximum Gasteiger partial charge on any atom is 0.339 e. The Morgan fingerprint density at radius 1 is 1.43 bits per heavy atom. The molecular formula is C15H19ClN2O3. The maximum absolute atomic E-state index is 12.3. The molecule has 1 aliphatic carbocycles. The third kappa shape index (κ3) is 4.11. The predicted octanol–water partition coefficient (Wildman–Crippen LogP) is 3.69. The SMILES string of the molecule is CCCN(CC1CC1)C(=O)Nc1cccc(Cl)c1C(=O)O. The van der Waals surface area contributed by atoms with E-state index in [1.807, 2.05) is 6.92 Å². The van der Waals surface area contributed by atoms with Crippen molar-refractivity contribution in [2.24, 2.45) is 5.92 Å². The number of benzene rings is 1. The Balaban J connectivity index is 2.13. The lowest BCUT2D eigenvalue weighted by Gasteiger charge is -2.23. The predicted molar refractivity (Wildman–Crippen MR) is 82.0 cm³/mol. The average Bonchev–Trinajstić information content (AvgIpc) is 3.21. The summed E-state index contributed by atoms with van der Waals surface area (Å²) in [5, 5.41) is 12.0. The van der Waals surface area contributed by atoms with Crippen LogP contribution in [0.25, 0.3) is 0 Å². The molecule has 0 bridgehead atoms. The van der Waals surface area contributed by atoms with Gasteiger partial charge < -0.3 is 15.3 Å². The van der Waals surface area contributed by atoms with Gasteiger partial charge in [0.15, 0.2) is 0 Å². The summed E-state index contributed by atoms with van der Waals surface area (Å²) in [6, 6.07) is 4.40. The Bertz CT molecular complexity index is 544. The topological polar surface area (TPSA) is 69.6 Å². The van der Waals surface area contributed by atoms with Gasteiger partial charge in [-0.25, -0.2) is 9.59 Å². The fourth-order valence-electron chi connectivity index (χ4n) is 2.20. The number of carbonyl (C=O) groups is 2. The minimum atomic E-state index is -1.15. The van der Waals surface area contributed by atoms with E-state index in [0.717, 1.165) is 25.8 Å². The number of nitrogens with zero attached hydrogens (tertiary/aromatic N) is 1. The van der Waals surface area contributed by atoms with Crippen LogP contribution in [0.2, 0.25) is 5.02 Å². The second kappa shape index (κ2) is 6.80. The molecule has 1 saturated carbocycles. The lowest BCUT2D eigenvalue weighted by molar-refractivity contribution is 0.0698. The number of rotatable bonds is 6. The van der Waals surface area contributed by atoms with Gasteiger partial charge in [0.05, 0.1) is 10.7 Å². The Morgan fingerprint density at radius 2 is 2.14 bits per heavy atom. The third-order valence-electron chi connectivity index (χ3n) is 3.43. The molecule has 0 spiro atoms. The van der Waals surface area contributed by atoms with Gasteiger partial charge in [0.25, 0.3) is 0 Å². The van der Waals surface area contributed by atoms with Crippen LogP contribution in [0.4, 0.5) is 10.5 Å². The summed E-state index contributed by atoms with van der Waals surface area (Å²) in [7, 11) is 0. The number of aromatic carboxylic acids is 1. The molecule has 2 rings (SSSR count). The summed E-state index contributed by atoms with van der Waals surface area (Å²) in [6.07, 6.45) is 3.18. The largest absolute Gasteiger partial charge is 0.478 e. The monoisotopic (exact) mass is 310 g/mol. The molecule has 2 amide bonds. The fraction of sp³-hybridized carbons (Fsp3) is 0.467. The molecule has 6 heteroatoms. The number of hydrogen-bond donors (Lipinski definition) is 2. The van der Waals surface area contributed by atoms with Crippen LogP contribution < -0.4 is 5.32 Å². The molecule has 5 nitrogen and oxygen atoms in total. The van der Waals surface area contributed by atoms with Crippen LogP contribution in [-0.4, -0.2) is 35.1 Å². The van der Waals surface area contributed by atoms with Crippen LogP contribution in [0.3, 0.4) is 0 Å². The van der Waals surface area contributed by atoms with E-state index in [1.54, 1.807) is 17.0 Å². The van der Waals surface area contributed by atoms with Gasteiger partial charge in [-0.3, -0.25) is 0 Å². The molecule has 0 radical (unpaired) electrons. The standard InChI is InChI=1S/C15H19ClN2O3/c1-2-8-18(9-10-6-7-10)15(21)17-12-5-3-4-11(16)13(12)14(19)20/h3-5,10H,2,6-9H2,1H3,(H,17,21)(H,19,20). The van der Waals surface area contributed by atoms with Crippen LogP contribution in [0, 0.1) is 5.92 Å². The van der Waals surface area contributed by atoms with E-state index in [-0.39, 0.29) is 22.3 Å². The number of carboxylic acid groups (broad SMARTS) is 1. The highest BCUT2D eigenvalue weighted by atomic mass is 35.5. The highest BCUT2D eigenvalue weighted by Crippen LogP contribution is 2.30. The number of carboxylic acids is 1. The zero-order valence-corrected chi connectivity index (χ0v) is 12.7. The first kappa shape index (κ1) is 15.6. The number of nitrogens with one attached hydrogen (secondary N) is 1. The molecule has 1 aromatic carbocycles. The van der Waals surface area contributed by atoms with E-state index in [4.69, 9.17) is 11.6 Å². The van der Waals surface area contributed by atoms with Gasteiger partial charge in [-0.05, 0) is 37.3 Å². The van der Waals surface area contributed by atoms with Gasteiger partial charge in [0, 0.05) is 13.1 Å². The van der Waals surface area contributed by atoms with Gasteiger partial charge in [-0.1, -0.05) is 24.6 Å². The van der Waals surface area contributed by atoms with Crippen molar-refractivity contribution in [1.29, 1.82) is 0 Å². The molecule has 0 saturated heterocycles. The fourth-order valence-corrected chi connectivity index (χ4v) is 2.45. The molecule has 0 unspecified atom stereocenters. The number of urea groups is 1. The van der Waals surface area contributed by atoms with Crippen LogP contribution in [0.5, 0.6) is 0 Å². The first-order valence-electron chi connectivity index (χ1n) is 7.10. The second-order valence-electron chi connectivity index (χ2n) is 5.29. The summed E-state index contributed by atoms with van der Waals surface area (Å²) >= 11 is 5.90. The van der Waals surface area contributed by atoms with Crippen molar-refractivity contribution < 1.29 is 14.7 Å². The van der Waals surface area contributed by atoms with Crippen LogP contribution >= 0.6 is 11.6 Å². The molecule has 1 fully saturated rings. The summed E-state index contributed by atoms with van der Waals surface area (Å²) in [5.41, 5.74) is 0.160. The van der Waals surface area contributed by atoms with Crippen molar-refractivity contribution in [2.75, 3.05) is 18.4 Å². The molecule has 0 heterocycles. The molecular weight excluding hydrogens is 292 g/mol. The van der Waals surface area contributed by atoms with E-state index < -0.39 is 5.97 Å². The van der Waals surface area contributed by atoms with Crippen molar-refractivity contribution in [1.82, 2.24) is 4.90 Å². The minimum Gasteiger partial charge on any atom is -0.478 e. The first-order chi connectivity index (χ1) is 10.0. The highest BCUT2D eigenvalue weighted by molar-refractivity contribution is 6.34. The molecule has 1 aliphatic rings. The van der Waals surface area contributed by atoms with Crippen LogP contribution in [0.15, 0.2) is 18.2 Å². The number of halogens is 1. The van der Waals surface area contributed by atoms with Crippen molar-refractivity contribution >= 4 is 29.3 Å². The van der Waals surface area contributed by atoms with Gasteiger partial charge in [-0.15, -0.1) is 0 Å². The van der Waals surface area contributed by atoms with Crippen molar-refractivity contribution in [3.05, 3.63) is 28.8 Å². The third-order valence-corrected chi connectivity index (χ3v) is 3.74. The summed E-state index contributed by atoms with van der Waals surface area (Å²) in [6.45, 7) is 3.39. The lowest BCUT2D eigenvalue weighted by Crippen LogP contribution is -2.37. The van der Waals surface area contributed by atoms with E-state index in [9.17, 15) is 14.7 Å². The van der Waals surface area contributed by atoms with Crippen molar-refractivity contribution in [3.63, 3.8) is 0 Å². The summed E-state index contributed by atoms with van der Waals surface area (Å²) in [4.78, 5) is 25.3. The smallest absolute Gasteiger partial charge is 0.339 e. The van der Waals surface area contributed by atoms with Crippen LogP contribution in [-0.2, 0) is 0 Å². The van der Waals surface area contributed by atoms with Gasteiger partial charge in [-0.2, -0.15) is 0 Å². The number of carbonyl (C=O) groups excluding carboxylic acids is 1. The lowest BCUT2D eigenvalue weighted by atomic mass is 10.2. The van der Waals surface area contributed by atoms with E-state index in [2.05, 4.69) is 5.32 Å². The molecule has 0 aromatic heterocycles. The first-order valence-corrected chi connectivity index (χ1v) is 7.48. The van der Waals surface area contributed by atoms with E-state index >= 15 is 0 Å². The van der Waals surface area contributed by atoms with Gasteiger partial charge >= 0.3 is 12.0 Å². The van der Waals surface area contributed by atoms with Crippen molar-refractivity contribution in [2.45, 2.75) is 26.2 Å². The van der Waals surface area contributed by atoms with Gasteiger partial charge in [0.1, 0.15) is 5.56 Å². The normalized spacial score (nSPS) is 13.8. The Morgan fingerprint density at radius 3 is 2.71 bits per heavy atom. The second-order valence-corrected chi connectivity index (χ2v) is 5.69. The molecule has 114 valence electrons. The Hall–Kier alpha value is -1.75. The van der Waals surface area contributed by atoms with Gasteiger partial charge in [0.2, 0.25) is 0 Å². The molecule has 2 N–H and O–H groups in total. The summed E-state index contributed by atoms with van der Waals surface area (Å²) in [5.74, 6) is -0.569. The Labute approximate surface area is 128 Å². The zero-order valence-electron chi connectivity index (χ0n) is 11.9. The quantitative estimate of drug-likeness (QED) is 0.842. The van der Waals surface area contributed by atoms with E-state index in [1.165, 1.54) is 6.07 Å². The van der Waals surface area contributed by atoms with Crippen molar-refractivity contribution in [3.8, 4) is 0 Å². The molecule has 0 aliphatic heterocycles. The number of hydrogen-bond acceptors (Lipinski definition) is 2. The molecule has 0 atom stereocenters.